The maximum absolute atomic E-state index is 14.5. The van der Waals surface area contributed by atoms with Crippen LogP contribution in [0.5, 0.6) is 5.75 Å². The highest BCUT2D eigenvalue weighted by atomic mass is 16.5. The fraction of sp³-hybridized carbons (Fsp3) is 0.455. The molecule has 0 saturated carbocycles. The first kappa shape index (κ1) is 27.9. The third-order valence-corrected chi connectivity index (χ3v) is 9.94. The minimum atomic E-state index is -0.913. The number of morpholine rings is 1. The van der Waals surface area contributed by atoms with Crippen LogP contribution in [-0.2, 0) is 16.1 Å². The standard InChI is InChI=1S/C33H40N6O4/c1-35(2)28-10-8-26(24-5-3-4-6-25(24)28)29-18-23-20-37(19-22-7-9-27(34)30(40)17-22)21-33(23)31(41)38(32(42)39(29)33)12-11-36-13-15-43-16-14-36/h3-10,17,23,29,40H,11-16,18-21,34H2,1-2H3/t23-,29-,33?/m0/s1. The van der Waals surface area contributed by atoms with E-state index in [0.717, 1.165) is 47.1 Å². The fourth-order valence-corrected chi connectivity index (χ4v) is 7.88. The molecule has 4 aliphatic rings. The predicted molar refractivity (Wildman–Crippen MR) is 166 cm³/mol. The number of imide groups is 1. The van der Waals surface area contributed by atoms with Gasteiger partial charge < -0.3 is 25.4 Å². The average molecular weight is 585 g/mol. The van der Waals surface area contributed by atoms with Crippen molar-refractivity contribution in [2.24, 2.45) is 5.92 Å². The molecule has 4 aliphatic heterocycles. The van der Waals surface area contributed by atoms with E-state index in [1.165, 1.54) is 4.90 Å². The van der Waals surface area contributed by atoms with E-state index in [4.69, 9.17) is 10.5 Å². The Morgan fingerprint density at radius 1 is 1.00 bits per heavy atom. The number of phenols is 1. The number of carbonyl (C=O) groups is 2. The normalized spacial score (nSPS) is 26.0. The van der Waals surface area contributed by atoms with Gasteiger partial charge in [-0.25, -0.2) is 4.79 Å². The SMILES string of the molecule is CN(C)c1ccc([C@@H]2C[C@H]3CN(Cc4ccc(N)c(O)c4)CC34C(=O)N(CCN3CCOCC3)C(=O)N24)c2ccccc12. The Kier molecular flexibility index (Phi) is 6.95. The van der Waals surface area contributed by atoms with Gasteiger partial charge in [0.25, 0.3) is 5.91 Å². The monoisotopic (exact) mass is 584 g/mol. The second-order valence-electron chi connectivity index (χ2n) is 12.6. The number of anilines is 2. The highest BCUT2D eigenvalue weighted by Crippen LogP contribution is 2.56. The number of nitrogen functional groups attached to an aromatic ring is 1. The molecule has 0 bridgehead atoms. The number of likely N-dealkylation sites (tertiary alicyclic amines) is 1. The first-order valence-electron chi connectivity index (χ1n) is 15.2. The van der Waals surface area contributed by atoms with Gasteiger partial charge in [-0.15, -0.1) is 0 Å². The first-order chi connectivity index (χ1) is 20.8. The molecule has 4 heterocycles. The number of nitrogens with two attached hydrogens (primary N) is 1. The molecular formula is C33H40N6O4. The molecule has 226 valence electrons. The van der Waals surface area contributed by atoms with Gasteiger partial charge >= 0.3 is 6.03 Å². The Morgan fingerprint density at radius 3 is 2.51 bits per heavy atom. The van der Waals surface area contributed by atoms with Crippen LogP contribution in [0, 0.1) is 5.92 Å². The van der Waals surface area contributed by atoms with E-state index < -0.39 is 5.54 Å². The van der Waals surface area contributed by atoms with Gasteiger partial charge in [-0.2, -0.15) is 0 Å². The van der Waals surface area contributed by atoms with E-state index in [0.29, 0.717) is 51.6 Å². The molecule has 1 unspecified atom stereocenters. The molecule has 10 nitrogen and oxygen atoms in total. The molecule has 3 amide bonds. The summed E-state index contributed by atoms with van der Waals surface area (Å²) in [6.45, 7) is 5.72. The van der Waals surface area contributed by atoms with Crippen molar-refractivity contribution in [3.05, 3.63) is 65.7 Å². The van der Waals surface area contributed by atoms with Crippen LogP contribution in [0.25, 0.3) is 10.8 Å². The topological polar surface area (TPSA) is 106 Å². The average Bonchev–Trinajstić information content (AvgIpc) is 3.58. The molecule has 43 heavy (non-hydrogen) atoms. The van der Waals surface area contributed by atoms with Crippen molar-refractivity contribution in [1.29, 1.82) is 0 Å². The van der Waals surface area contributed by atoms with E-state index in [9.17, 15) is 14.7 Å². The maximum Gasteiger partial charge on any atom is 0.328 e. The lowest BCUT2D eigenvalue weighted by Gasteiger charge is -2.32. The Labute approximate surface area is 252 Å². The van der Waals surface area contributed by atoms with E-state index in [2.05, 4.69) is 45.0 Å². The van der Waals surface area contributed by atoms with Crippen molar-refractivity contribution in [3.63, 3.8) is 0 Å². The van der Waals surface area contributed by atoms with Crippen LogP contribution in [0.2, 0.25) is 0 Å². The Hall–Kier alpha value is -3.86. The third kappa shape index (κ3) is 4.51. The van der Waals surface area contributed by atoms with Gasteiger partial charge in [0.2, 0.25) is 0 Å². The van der Waals surface area contributed by atoms with Crippen LogP contribution in [-0.4, -0.2) is 109 Å². The summed E-state index contributed by atoms with van der Waals surface area (Å²) in [5.74, 6) is -0.0154. The molecule has 0 radical (unpaired) electrons. The number of aromatic hydroxyl groups is 1. The minimum Gasteiger partial charge on any atom is -0.506 e. The number of amides is 3. The van der Waals surface area contributed by atoms with E-state index >= 15 is 0 Å². The summed E-state index contributed by atoms with van der Waals surface area (Å²) in [5.41, 5.74) is 8.42. The number of urea groups is 1. The predicted octanol–water partition coefficient (Wildman–Crippen LogP) is 3.11. The highest BCUT2D eigenvalue weighted by Gasteiger charge is 2.70. The molecule has 0 aromatic heterocycles. The van der Waals surface area contributed by atoms with Crippen LogP contribution in [0.15, 0.2) is 54.6 Å². The first-order valence-corrected chi connectivity index (χ1v) is 15.2. The second-order valence-corrected chi connectivity index (χ2v) is 12.6. The molecule has 3 aromatic carbocycles. The number of ether oxygens (including phenoxy) is 1. The van der Waals surface area contributed by atoms with Gasteiger partial charge in [-0.3, -0.25) is 19.5 Å². The zero-order valence-electron chi connectivity index (χ0n) is 24.9. The summed E-state index contributed by atoms with van der Waals surface area (Å²) >= 11 is 0. The summed E-state index contributed by atoms with van der Waals surface area (Å²) in [6, 6.07) is 17.6. The molecule has 7 rings (SSSR count). The van der Waals surface area contributed by atoms with E-state index in [-0.39, 0.29) is 29.6 Å². The van der Waals surface area contributed by atoms with Crippen LogP contribution in [0.3, 0.4) is 0 Å². The van der Waals surface area contributed by atoms with Crippen LogP contribution < -0.4 is 10.6 Å². The fourth-order valence-electron chi connectivity index (χ4n) is 7.88. The number of fused-ring (bicyclic) bond motifs is 1. The van der Waals surface area contributed by atoms with Crippen molar-refractivity contribution in [3.8, 4) is 5.75 Å². The lowest BCUT2D eigenvalue weighted by Crippen LogP contribution is -2.51. The van der Waals surface area contributed by atoms with Crippen molar-refractivity contribution < 1.29 is 19.4 Å². The summed E-state index contributed by atoms with van der Waals surface area (Å²) < 4.78 is 5.50. The molecule has 4 fully saturated rings. The Balaban J connectivity index is 1.24. The van der Waals surface area contributed by atoms with Gasteiger partial charge in [-0.1, -0.05) is 36.4 Å². The lowest BCUT2D eigenvalue weighted by molar-refractivity contribution is -0.133. The number of hydrogen-bond donors (Lipinski definition) is 2. The van der Waals surface area contributed by atoms with Crippen molar-refractivity contribution in [1.82, 2.24) is 19.6 Å². The Morgan fingerprint density at radius 2 is 1.77 bits per heavy atom. The maximum atomic E-state index is 14.5. The summed E-state index contributed by atoms with van der Waals surface area (Å²) in [5, 5.41) is 12.5. The summed E-state index contributed by atoms with van der Waals surface area (Å²) in [6.07, 6.45) is 0.726. The number of carbonyl (C=O) groups excluding carboxylic acids is 2. The largest absolute Gasteiger partial charge is 0.506 e. The second kappa shape index (κ2) is 10.7. The smallest absolute Gasteiger partial charge is 0.328 e. The molecule has 1 spiro atoms. The van der Waals surface area contributed by atoms with Gasteiger partial charge in [0, 0.05) is 76.9 Å². The van der Waals surface area contributed by atoms with Crippen LogP contribution >= 0.6 is 0 Å². The number of benzene rings is 3. The lowest BCUT2D eigenvalue weighted by atomic mass is 9.87. The van der Waals surface area contributed by atoms with Crippen LogP contribution in [0.1, 0.15) is 23.6 Å². The molecule has 3 aromatic rings. The van der Waals surface area contributed by atoms with Crippen molar-refractivity contribution in [2.45, 2.75) is 24.5 Å². The zero-order valence-corrected chi connectivity index (χ0v) is 24.9. The highest BCUT2D eigenvalue weighted by molar-refractivity contribution is 6.09. The van der Waals surface area contributed by atoms with Crippen LogP contribution in [0.4, 0.5) is 16.2 Å². The van der Waals surface area contributed by atoms with Gasteiger partial charge in [0.15, 0.2) is 0 Å². The molecule has 0 aliphatic carbocycles. The quantitative estimate of drug-likeness (QED) is 0.248. The number of phenolic OH excluding ortho intramolecular Hbond substituents is 1. The Bertz CT molecular complexity index is 1570. The zero-order chi connectivity index (χ0) is 29.9. The molecular weight excluding hydrogens is 544 g/mol. The molecule has 3 atom stereocenters. The number of hydrogen-bond acceptors (Lipinski definition) is 8. The molecule has 3 N–H and O–H groups in total. The third-order valence-electron chi connectivity index (χ3n) is 9.94. The minimum absolute atomic E-state index is 0.00278. The molecule has 4 saturated heterocycles. The summed E-state index contributed by atoms with van der Waals surface area (Å²) in [4.78, 5) is 38.9. The van der Waals surface area contributed by atoms with E-state index in [1.54, 1.807) is 12.1 Å². The summed E-state index contributed by atoms with van der Waals surface area (Å²) in [7, 11) is 4.08. The van der Waals surface area contributed by atoms with Gasteiger partial charge in [0.05, 0.1) is 24.9 Å². The van der Waals surface area contributed by atoms with Gasteiger partial charge in [0.1, 0.15) is 11.3 Å². The van der Waals surface area contributed by atoms with Crippen molar-refractivity contribution >= 4 is 34.1 Å². The molecule has 10 heteroatoms. The number of rotatable bonds is 7. The number of nitrogens with zero attached hydrogens (tertiary/aromatic N) is 5. The van der Waals surface area contributed by atoms with E-state index in [1.807, 2.05) is 31.1 Å². The van der Waals surface area contributed by atoms with Gasteiger partial charge in [-0.05, 0) is 41.1 Å². The van der Waals surface area contributed by atoms with Crippen molar-refractivity contribution in [2.75, 3.05) is 77.2 Å².